The van der Waals surface area contributed by atoms with E-state index in [0.29, 0.717) is 5.39 Å². The first-order valence-electron chi connectivity index (χ1n) is 8.11. The normalized spacial score (nSPS) is 14.0. The molecule has 0 unspecified atom stereocenters. The molecule has 0 aromatic heterocycles. The van der Waals surface area contributed by atoms with Crippen LogP contribution in [0.2, 0.25) is 0 Å². The molecule has 4 N–H and O–H groups in total. The Bertz CT molecular complexity index is 1900. The number of rotatable bonds is 4. The standard InChI is InChI=1S/C16H10O12S4/c17-29(18,19)10-6-8-3-1-2-7-4-5-9-12(11(7)8)13(10)15(31(23,24)25)16(32(26,27)28)14(9)30(20,21)22/h1-6H,(H,17,18,19)(H,20,21,22)(H,23,24,25)(H,26,27,28). The summed E-state index contributed by atoms with van der Waals surface area (Å²) in [5, 5.41) is -1.88. The van der Waals surface area contributed by atoms with Gasteiger partial charge < -0.3 is 0 Å². The van der Waals surface area contributed by atoms with Gasteiger partial charge in [0.25, 0.3) is 40.5 Å². The highest BCUT2D eigenvalue weighted by Gasteiger charge is 2.39. The van der Waals surface area contributed by atoms with E-state index in [1.165, 1.54) is 24.3 Å². The Kier molecular flexibility index (Phi) is 4.65. The van der Waals surface area contributed by atoms with Gasteiger partial charge in [-0.25, -0.2) is 0 Å². The molecule has 0 atom stereocenters. The zero-order valence-electron chi connectivity index (χ0n) is 15.2. The third-order valence-corrected chi connectivity index (χ3v) is 8.72. The van der Waals surface area contributed by atoms with Gasteiger partial charge in [-0.3, -0.25) is 18.2 Å². The van der Waals surface area contributed by atoms with Crippen molar-refractivity contribution in [1.29, 1.82) is 0 Å². The molecule has 32 heavy (non-hydrogen) atoms. The van der Waals surface area contributed by atoms with Crippen molar-refractivity contribution in [3.05, 3.63) is 36.4 Å². The minimum Gasteiger partial charge on any atom is -0.282 e. The van der Waals surface area contributed by atoms with E-state index in [1.807, 2.05) is 0 Å². The lowest BCUT2D eigenvalue weighted by molar-refractivity contribution is 0.458. The van der Waals surface area contributed by atoms with Crippen LogP contribution in [0.3, 0.4) is 0 Å². The minimum atomic E-state index is -5.84. The average Bonchev–Trinajstić information content (AvgIpc) is 2.61. The van der Waals surface area contributed by atoms with Crippen LogP contribution in [0.15, 0.2) is 56.0 Å². The van der Waals surface area contributed by atoms with E-state index >= 15 is 0 Å². The van der Waals surface area contributed by atoms with Crippen LogP contribution in [0.1, 0.15) is 0 Å². The zero-order valence-corrected chi connectivity index (χ0v) is 18.4. The second kappa shape index (κ2) is 6.55. The summed E-state index contributed by atoms with van der Waals surface area (Å²) in [6.45, 7) is 0. The smallest absolute Gasteiger partial charge is 0.282 e. The summed E-state index contributed by atoms with van der Waals surface area (Å²) in [6, 6.07) is 7.29. The molecule has 0 bridgehead atoms. The summed E-state index contributed by atoms with van der Waals surface area (Å²) >= 11 is 0. The van der Waals surface area contributed by atoms with E-state index in [4.69, 9.17) is 0 Å². The Morgan fingerprint density at radius 1 is 0.500 bits per heavy atom. The zero-order chi connectivity index (χ0) is 24.0. The Morgan fingerprint density at radius 3 is 1.53 bits per heavy atom. The molecule has 0 amide bonds. The molecule has 0 aliphatic carbocycles. The number of benzene rings is 4. The highest BCUT2D eigenvalue weighted by Crippen LogP contribution is 2.46. The first kappa shape index (κ1) is 22.7. The molecule has 0 saturated heterocycles. The summed E-state index contributed by atoms with van der Waals surface area (Å²) in [5.41, 5.74) is 0. The molecule has 0 aliphatic heterocycles. The van der Waals surface area contributed by atoms with Crippen LogP contribution in [-0.4, -0.2) is 51.9 Å². The molecule has 0 heterocycles. The summed E-state index contributed by atoms with van der Waals surface area (Å²) < 4.78 is 136. The van der Waals surface area contributed by atoms with Crippen LogP contribution in [0.4, 0.5) is 0 Å². The maximum atomic E-state index is 12.2. The van der Waals surface area contributed by atoms with Crippen molar-refractivity contribution < 1.29 is 51.9 Å². The van der Waals surface area contributed by atoms with Crippen molar-refractivity contribution in [2.75, 3.05) is 0 Å². The fourth-order valence-corrected chi connectivity index (χ4v) is 8.22. The van der Waals surface area contributed by atoms with Crippen LogP contribution >= 0.6 is 0 Å². The van der Waals surface area contributed by atoms with Crippen LogP contribution in [0, 0.1) is 0 Å². The van der Waals surface area contributed by atoms with Gasteiger partial charge in [-0.1, -0.05) is 30.3 Å². The van der Waals surface area contributed by atoms with Gasteiger partial charge in [-0.2, -0.15) is 33.7 Å². The Labute approximate surface area is 180 Å². The maximum absolute atomic E-state index is 12.2. The van der Waals surface area contributed by atoms with Crippen molar-refractivity contribution in [2.45, 2.75) is 19.6 Å². The SMILES string of the molecule is O=S(=O)(O)c1c(S(=O)(=O)O)c2ccc3cccc4cc(S(=O)(=O)O)c(c1S(=O)(=O)O)c2c34. The minimum absolute atomic E-state index is 0.0316. The molecule has 0 fully saturated rings. The molecular formula is C16H10O12S4. The van der Waals surface area contributed by atoms with Gasteiger partial charge in [0.15, 0.2) is 0 Å². The summed E-state index contributed by atoms with van der Waals surface area (Å²) in [5.74, 6) is 0. The van der Waals surface area contributed by atoms with Crippen LogP contribution < -0.4 is 0 Å². The maximum Gasteiger partial charge on any atom is 0.297 e. The van der Waals surface area contributed by atoms with E-state index in [0.717, 1.165) is 12.1 Å². The summed E-state index contributed by atoms with van der Waals surface area (Å²) in [7, 11) is -22.5. The van der Waals surface area contributed by atoms with Gasteiger partial charge in [0.05, 0.1) is 0 Å². The van der Waals surface area contributed by atoms with Gasteiger partial charge in [-0.05, 0) is 22.2 Å². The van der Waals surface area contributed by atoms with Crippen molar-refractivity contribution >= 4 is 72.8 Å². The molecule has 0 spiro atoms. The third kappa shape index (κ3) is 3.32. The van der Waals surface area contributed by atoms with E-state index in [1.54, 1.807) is 0 Å². The molecule has 4 rings (SSSR count). The van der Waals surface area contributed by atoms with Crippen molar-refractivity contribution in [1.82, 2.24) is 0 Å². The van der Waals surface area contributed by atoms with Gasteiger partial charge in [0, 0.05) is 16.2 Å². The Morgan fingerprint density at radius 2 is 1.03 bits per heavy atom. The largest absolute Gasteiger partial charge is 0.297 e. The second-order valence-electron chi connectivity index (χ2n) is 6.70. The molecule has 4 aromatic rings. The van der Waals surface area contributed by atoms with Crippen LogP contribution in [0.25, 0.3) is 32.3 Å². The molecular weight excluding hydrogens is 512 g/mol. The molecule has 170 valence electrons. The summed E-state index contributed by atoms with van der Waals surface area (Å²) in [4.78, 5) is -6.60. The molecule has 16 heteroatoms. The van der Waals surface area contributed by atoms with Gasteiger partial charge in [0.1, 0.15) is 19.6 Å². The Balaban J connectivity index is 2.68. The molecule has 0 aliphatic rings. The van der Waals surface area contributed by atoms with Crippen molar-refractivity contribution in [3.63, 3.8) is 0 Å². The third-order valence-electron chi connectivity index (χ3n) is 4.80. The van der Waals surface area contributed by atoms with E-state index < -0.39 is 76.2 Å². The highest BCUT2D eigenvalue weighted by atomic mass is 32.2. The van der Waals surface area contributed by atoms with E-state index in [-0.39, 0.29) is 10.8 Å². The lowest BCUT2D eigenvalue weighted by Gasteiger charge is -2.20. The van der Waals surface area contributed by atoms with E-state index in [9.17, 15) is 51.9 Å². The number of hydrogen-bond donors (Lipinski definition) is 4. The van der Waals surface area contributed by atoms with Crippen molar-refractivity contribution in [3.8, 4) is 0 Å². The first-order valence-corrected chi connectivity index (χ1v) is 13.9. The van der Waals surface area contributed by atoms with Gasteiger partial charge in [-0.15, -0.1) is 0 Å². The number of hydrogen-bond acceptors (Lipinski definition) is 8. The average molecular weight is 523 g/mol. The van der Waals surface area contributed by atoms with E-state index in [2.05, 4.69) is 0 Å². The van der Waals surface area contributed by atoms with Gasteiger partial charge in [0.2, 0.25) is 0 Å². The second-order valence-corrected chi connectivity index (χ2v) is 12.2. The first-order chi connectivity index (χ1) is 14.4. The monoisotopic (exact) mass is 522 g/mol. The fraction of sp³-hybridized carbons (Fsp3) is 0. The van der Waals surface area contributed by atoms with Crippen molar-refractivity contribution in [2.24, 2.45) is 0 Å². The predicted molar refractivity (Wildman–Crippen MR) is 109 cm³/mol. The summed E-state index contributed by atoms with van der Waals surface area (Å²) in [6.07, 6.45) is 0. The molecule has 12 nitrogen and oxygen atoms in total. The van der Waals surface area contributed by atoms with Crippen LogP contribution in [0.5, 0.6) is 0 Å². The lowest BCUT2D eigenvalue weighted by Crippen LogP contribution is -2.17. The quantitative estimate of drug-likeness (QED) is 0.222. The van der Waals surface area contributed by atoms with Gasteiger partial charge >= 0.3 is 0 Å². The highest BCUT2D eigenvalue weighted by molar-refractivity contribution is 7.91. The fourth-order valence-electron chi connectivity index (χ4n) is 3.82. The molecule has 4 aromatic carbocycles. The van der Waals surface area contributed by atoms with Crippen LogP contribution in [-0.2, 0) is 40.5 Å². The Hall–Kier alpha value is -2.44. The topological polar surface area (TPSA) is 217 Å². The predicted octanol–water partition coefficient (Wildman–Crippen LogP) is 1.57. The lowest BCUT2D eigenvalue weighted by atomic mass is 9.94. The molecule has 0 radical (unpaired) electrons. The molecule has 0 saturated carbocycles.